The van der Waals surface area contributed by atoms with Gasteiger partial charge in [-0.3, -0.25) is 4.79 Å². The molecule has 1 aromatic heterocycles. The van der Waals surface area contributed by atoms with Crippen molar-refractivity contribution >= 4 is 11.7 Å². The van der Waals surface area contributed by atoms with Gasteiger partial charge in [0.15, 0.2) is 0 Å². The van der Waals surface area contributed by atoms with Gasteiger partial charge in [0.05, 0.1) is 12.6 Å². The van der Waals surface area contributed by atoms with E-state index in [1.54, 1.807) is 12.3 Å². The first-order valence-electron chi connectivity index (χ1n) is 8.53. The second-order valence-corrected chi connectivity index (χ2v) is 6.31. The number of carbonyl (C=O) groups excluding carboxylic acids is 1. The van der Waals surface area contributed by atoms with E-state index in [0.717, 1.165) is 37.6 Å². The molecule has 0 aliphatic carbocycles. The summed E-state index contributed by atoms with van der Waals surface area (Å²) in [7, 11) is 2.10. The van der Waals surface area contributed by atoms with Gasteiger partial charge in [-0.15, -0.1) is 0 Å². The number of aliphatic hydroxyl groups excluding tert-OH is 1. The zero-order valence-corrected chi connectivity index (χ0v) is 14.4. The van der Waals surface area contributed by atoms with Gasteiger partial charge in [-0.1, -0.05) is 30.3 Å². The maximum Gasteiger partial charge on any atom is 0.252 e. The maximum atomic E-state index is 12.6. The molecule has 2 N–H and O–H groups in total. The fourth-order valence-corrected chi connectivity index (χ4v) is 2.93. The molecule has 0 bridgehead atoms. The zero-order valence-electron chi connectivity index (χ0n) is 14.4. The highest BCUT2D eigenvalue weighted by atomic mass is 16.3. The molecule has 3 rings (SSSR count). The second-order valence-electron chi connectivity index (χ2n) is 6.31. The van der Waals surface area contributed by atoms with Crippen LogP contribution >= 0.6 is 0 Å². The summed E-state index contributed by atoms with van der Waals surface area (Å²) in [4.78, 5) is 21.5. The second kappa shape index (κ2) is 8.09. The summed E-state index contributed by atoms with van der Waals surface area (Å²) in [5, 5.41) is 12.5. The quantitative estimate of drug-likeness (QED) is 0.859. The fourth-order valence-electron chi connectivity index (χ4n) is 2.93. The third kappa shape index (κ3) is 4.35. The van der Waals surface area contributed by atoms with E-state index < -0.39 is 6.04 Å². The van der Waals surface area contributed by atoms with Crippen LogP contribution < -0.4 is 10.2 Å². The molecule has 0 saturated carbocycles. The number of piperazine rings is 1. The van der Waals surface area contributed by atoms with E-state index in [1.165, 1.54) is 0 Å². The molecular formula is C19H24N4O2. The summed E-state index contributed by atoms with van der Waals surface area (Å²) in [6.07, 6.45) is 1.67. The highest BCUT2D eigenvalue weighted by molar-refractivity contribution is 5.95. The first kappa shape index (κ1) is 17.4. The van der Waals surface area contributed by atoms with E-state index in [2.05, 4.69) is 27.1 Å². The van der Waals surface area contributed by atoms with Crippen molar-refractivity contribution in [1.82, 2.24) is 15.2 Å². The lowest BCUT2D eigenvalue weighted by Gasteiger charge is -2.33. The van der Waals surface area contributed by atoms with Crippen molar-refractivity contribution in [2.75, 3.05) is 44.7 Å². The van der Waals surface area contributed by atoms with Crippen molar-refractivity contribution < 1.29 is 9.90 Å². The predicted molar refractivity (Wildman–Crippen MR) is 97.7 cm³/mol. The van der Waals surface area contributed by atoms with E-state index in [-0.39, 0.29) is 12.5 Å². The Balaban J connectivity index is 1.71. The van der Waals surface area contributed by atoms with E-state index in [1.807, 2.05) is 36.4 Å². The van der Waals surface area contributed by atoms with Crippen molar-refractivity contribution in [3.05, 3.63) is 59.8 Å². The SMILES string of the molecule is CN1CCN(c2cc(C(=O)NC(CO)c3ccccc3)ccn2)CC1. The summed E-state index contributed by atoms with van der Waals surface area (Å²) in [5.41, 5.74) is 1.44. The Labute approximate surface area is 148 Å². The average Bonchev–Trinajstić information content (AvgIpc) is 2.67. The molecule has 1 atom stereocenters. The van der Waals surface area contributed by atoms with Crippen LogP contribution in [0.2, 0.25) is 0 Å². The normalized spacial score (nSPS) is 16.5. The third-order valence-electron chi connectivity index (χ3n) is 4.52. The molecule has 1 amide bonds. The topological polar surface area (TPSA) is 68.7 Å². The summed E-state index contributed by atoms with van der Waals surface area (Å²) < 4.78 is 0. The summed E-state index contributed by atoms with van der Waals surface area (Å²) in [6.45, 7) is 3.62. The van der Waals surface area contributed by atoms with E-state index in [4.69, 9.17) is 0 Å². The molecule has 1 fully saturated rings. The van der Waals surface area contributed by atoms with Crippen LogP contribution in [0.1, 0.15) is 22.0 Å². The maximum absolute atomic E-state index is 12.6. The molecule has 0 spiro atoms. The van der Waals surface area contributed by atoms with Gasteiger partial charge in [0, 0.05) is 37.9 Å². The van der Waals surface area contributed by atoms with Gasteiger partial charge in [0.25, 0.3) is 5.91 Å². The number of aliphatic hydroxyl groups is 1. The highest BCUT2D eigenvalue weighted by Crippen LogP contribution is 2.17. The van der Waals surface area contributed by atoms with Crippen LogP contribution in [-0.4, -0.2) is 60.7 Å². The Morgan fingerprint density at radius 3 is 2.60 bits per heavy atom. The number of nitrogens with zero attached hydrogens (tertiary/aromatic N) is 3. The third-order valence-corrected chi connectivity index (χ3v) is 4.52. The van der Waals surface area contributed by atoms with Gasteiger partial charge < -0.3 is 20.2 Å². The lowest BCUT2D eigenvalue weighted by atomic mass is 10.1. The van der Waals surface area contributed by atoms with Crippen LogP contribution in [0.5, 0.6) is 0 Å². The van der Waals surface area contributed by atoms with Crippen molar-refractivity contribution in [3.8, 4) is 0 Å². The van der Waals surface area contributed by atoms with Crippen LogP contribution in [0.15, 0.2) is 48.7 Å². The number of hydrogen-bond donors (Lipinski definition) is 2. The van der Waals surface area contributed by atoms with Crippen molar-refractivity contribution in [2.24, 2.45) is 0 Å². The average molecular weight is 340 g/mol. The van der Waals surface area contributed by atoms with E-state index >= 15 is 0 Å². The van der Waals surface area contributed by atoms with Gasteiger partial charge in [-0.25, -0.2) is 4.98 Å². The molecule has 1 aromatic carbocycles. The lowest BCUT2D eigenvalue weighted by Crippen LogP contribution is -2.44. The molecule has 2 heterocycles. The molecule has 1 aliphatic rings. The molecule has 6 heteroatoms. The van der Waals surface area contributed by atoms with Gasteiger partial charge >= 0.3 is 0 Å². The van der Waals surface area contributed by atoms with Crippen LogP contribution in [0.4, 0.5) is 5.82 Å². The standard InChI is InChI=1S/C19H24N4O2/c1-22-9-11-23(12-10-22)18-13-16(7-8-20-18)19(25)21-17(14-24)15-5-3-2-4-6-15/h2-8,13,17,24H,9-12,14H2,1H3,(H,21,25). The first-order valence-corrected chi connectivity index (χ1v) is 8.53. The Kier molecular flexibility index (Phi) is 5.63. The number of carbonyl (C=O) groups is 1. The van der Waals surface area contributed by atoms with E-state index in [9.17, 15) is 9.90 Å². The number of hydrogen-bond acceptors (Lipinski definition) is 5. The predicted octanol–water partition coefficient (Wildman–Crippen LogP) is 1.30. The fraction of sp³-hybridized carbons (Fsp3) is 0.368. The Morgan fingerprint density at radius 2 is 1.92 bits per heavy atom. The Hall–Kier alpha value is -2.44. The number of anilines is 1. The van der Waals surface area contributed by atoms with E-state index in [0.29, 0.717) is 5.56 Å². The number of pyridine rings is 1. The minimum atomic E-state index is -0.422. The summed E-state index contributed by atoms with van der Waals surface area (Å²) >= 11 is 0. The van der Waals surface area contributed by atoms with Gasteiger partial charge in [-0.05, 0) is 24.7 Å². The molecule has 1 unspecified atom stereocenters. The Bertz CT molecular complexity index is 700. The zero-order chi connectivity index (χ0) is 17.6. The molecule has 25 heavy (non-hydrogen) atoms. The van der Waals surface area contributed by atoms with Crippen LogP contribution in [-0.2, 0) is 0 Å². The van der Waals surface area contributed by atoms with Crippen molar-refractivity contribution in [2.45, 2.75) is 6.04 Å². The summed E-state index contributed by atoms with van der Waals surface area (Å²) in [6, 6.07) is 12.6. The number of amides is 1. The smallest absolute Gasteiger partial charge is 0.252 e. The molecule has 132 valence electrons. The highest BCUT2D eigenvalue weighted by Gasteiger charge is 2.18. The van der Waals surface area contributed by atoms with Gasteiger partial charge in [0.2, 0.25) is 0 Å². The van der Waals surface area contributed by atoms with Gasteiger partial charge in [-0.2, -0.15) is 0 Å². The molecule has 2 aromatic rings. The monoisotopic (exact) mass is 340 g/mol. The summed E-state index contributed by atoms with van der Waals surface area (Å²) in [5.74, 6) is 0.613. The molecule has 0 radical (unpaired) electrons. The Morgan fingerprint density at radius 1 is 1.20 bits per heavy atom. The van der Waals surface area contributed by atoms with Crippen LogP contribution in [0.25, 0.3) is 0 Å². The number of rotatable bonds is 5. The molecular weight excluding hydrogens is 316 g/mol. The largest absolute Gasteiger partial charge is 0.394 e. The van der Waals surface area contributed by atoms with Crippen LogP contribution in [0, 0.1) is 0 Å². The number of nitrogens with one attached hydrogen (secondary N) is 1. The van der Waals surface area contributed by atoms with Gasteiger partial charge in [0.1, 0.15) is 5.82 Å². The van der Waals surface area contributed by atoms with Crippen LogP contribution in [0.3, 0.4) is 0 Å². The molecule has 6 nitrogen and oxygen atoms in total. The van der Waals surface area contributed by atoms with Crippen molar-refractivity contribution in [1.29, 1.82) is 0 Å². The van der Waals surface area contributed by atoms with Crippen molar-refractivity contribution in [3.63, 3.8) is 0 Å². The first-order chi connectivity index (χ1) is 12.2. The minimum absolute atomic E-state index is 0.147. The molecule has 1 saturated heterocycles. The number of likely N-dealkylation sites (N-methyl/N-ethyl adjacent to an activating group) is 1. The number of aromatic nitrogens is 1. The lowest BCUT2D eigenvalue weighted by molar-refractivity contribution is 0.0916. The number of benzene rings is 1. The minimum Gasteiger partial charge on any atom is -0.394 e. The molecule has 1 aliphatic heterocycles.